The van der Waals surface area contributed by atoms with E-state index in [0.717, 1.165) is 29.7 Å². The first-order valence-corrected chi connectivity index (χ1v) is 7.29. The fraction of sp³-hybridized carbons (Fsp3) is 0.333. The Kier molecular flexibility index (Phi) is 5.07. The monoisotopic (exact) mass is 289 g/mol. The molecule has 0 bridgehead atoms. The summed E-state index contributed by atoms with van der Waals surface area (Å²) in [7, 11) is 0. The third-order valence-corrected chi connectivity index (χ3v) is 3.66. The van der Waals surface area contributed by atoms with Crippen LogP contribution in [0.4, 0.5) is 8.78 Å². The predicted octanol–water partition coefficient (Wildman–Crippen LogP) is 4.67. The van der Waals surface area contributed by atoms with Crippen molar-refractivity contribution < 1.29 is 8.78 Å². The largest absolute Gasteiger partial charge is 0.306 e. The molecule has 3 heteroatoms. The molecule has 0 aromatic heterocycles. The number of rotatable bonds is 5. The van der Waals surface area contributed by atoms with Crippen molar-refractivity contribution in [1.82, 2.24) is 5.32 Å². The summed E-state index contributed by atoms with van der Waals surface area (Å²) < 4.78 is 27.7. The van der Waals surface area contributed by atoms with E-state index in [4.69, 9.17) is 0 Å². The highest BCUT2D eigenvalue weighted by molar-refractivity contribution is 5.42. The van der Waals surface area contributed by atoms with E-state index in [9.17, 15) is 8.78 Å². The van der Waals surface area contributed by atoms with Crippen molar-refractivity contribution in [2.45, 2.75) is 33.2 Å². The van der Waals surface area contributed by atoms with Crippen LogP contribution in [0.15, 0.2) is 36.4 Å². The quantitative estimate of drug-likeness (QED) is 0.843. The van der Waals surface area contributed by atoms with Gasteiger partial charge in [-0.15, -0.1) is 0 Å². The van der Waals surface area contributed by atoms with Gasteiger partial charge in [0.2, 0.25) is 0 Å². The Bertz CT molecular complexity index is 599. The van der Waals surface area contributed by atoms with Crippen molar-refractivity contribution >= 4 is 0 Å². The summed E-state index contributed by atoms with van der Waals surface area (Å²) >= 11 is 0. The van der Waals surface area contributed by atoms with E-state index in [1.165, 1.54) is 18.2 Å². The summed E-state index contributed by atoms with van der Waals surface area (Å²) in [6, 6.07) is 9.50. The summed E-state index contributed by atoms with van der Waals surface area (Å²) in [5.41, 5.74) is 3.23. The van der Waals surface area contributed by atoms with Crippen LogP contribution in [-0.4, -0.2) is 6.54 Å². The number of halogens is 2. The SMILES string of the molecule is CCCNC(c1ccccc1F)c1c(C)cc(F)cc1C. The minimum Gasteiger partial charge on any atom is -0.306 e. The van der Waals surface area contributed by atoms with Gasteiger partial charge in [-0.2, -0.15) is 0 Å². The molecule has 21 heavy (non-hydrogen) atoms. The first-order chi connectivity index (χ1) is 10.0. The van der Waals surface area contributed by atoms with Crippen LogP contribution in [-0.2, 0) is 0 Å². The van der Waals surface area contributed by atoms with Crippen molar-refractivity contribution in [2.24, 2.45) is 0 Å². The van der Waals surface area contributed by atoms with E-state index in [1.54, 1.807) is 12.1 Å². The topological polar surface area (TPSA) is 12.0 Å². The zero-order valence-electron chi connectivity index (χ0n) is 12.7. The van der Waals surface area contributed by atoms with Crippen LogP contribution in [0.5, 0.6) is 0 Å². The first-order valence-electron chi connectivity index (χ1n) is 7.29. The molecule has 0 spiro atoms. The van der Waals surface area contributed by atoms with Crippen molar-refractivity contribution in [2.75, 3.05) is 6.54 Å². The molecule has 0 fully saturated rings. The first kappa shape index (κ1) is 15.6. The van der Waals surface area contributed by atoms with Gasteiger partial charge in [-0.1, -0.05) is 25.1 Å². The molecule has 112 valence electrons. The van der Waals surface area contributed by atoms with E-state index in [1.807, 2.05) is 19.9 Å². The molecule has 0 aliphatic carbocycles. The second kappa shape index (κ2) is 6.81. The van der Waals surface area contributed by atoms with E-state index < -0.39 is 0 Å². The third kappa shape index (κ3) is 3.48. The molecule has 0 aliphatic rings. The Balaban J connectivity index is 2.54. The molecular weight excluding hydrogens is 268 g/mol. The predicted molar refractivity (Wildman–Crippen MR) is 82.4 cm³/mol. The van der Waals surface area contributed by atoms with Crippen molar-refractivity contribution in [3.63, 3.8) is 0 Å². The maximum absolute atomic E-state index is 14.2. The van der Waals surface area contributed by atoms with Crippen LogP contribution in [0.2, 0.25) is 0 Å². The molecule has 1 unspecified atom stereocenters. The van der Waals surface area contributed by atoms with Crippen LogP contribution in [0.25, 0.3) is 0 Å². The highest BCUT2D eigenvalue weighted by Gasteiger charge is 2.21. The van der Waals surface area contributed by atoms with Crippen LogP contribution in [0.3, 0.4) is 0 Å². The van der Waals surface area contributed by atoms with Gasteiger partial charge >= 0.3 is 0 Å². The van der Waals surface area contributed by atoms with Gasteiger partial charge in [0.05, 0.1) is 6.04 Å². The van der Waals surface area contributed by atoms with Gasteiger partial charge in [0.25, 0.3) is 0 Å². The molecule has 1 atom stereocenters. The van der Waals surface area contributed by atoms with Gasteiger partial charge < -0.3 is 5.32 Å². The lowest BCUT2D eigenvalue weighted by Gasteiger charge is -2.24. The number of hydrogen-bond donors (Lipinski definition) is 1. The maximum atomic E-state index is 14.2. The fourth-order valence-electron chi connectivity index (χ4n) is 2.74. The second-order valence-corrected chi connectivity index (χ2v) is 5.36. The molecule has 0 radical (unpaired) electrons. The number of benzene rings is 2. The molecular formula is C18H21F2N. The maximum Gasteiger partial charge on any atom is 0.128 e. The molecule has 2 aromatic carbocycles. The summed E-state index contributed by atoms with van der Waals surface area (Å²) in [6.07, 6.45) is 0.949. The minimum absolute atomic E-state index is 0.241. The van der Waals surface area contributed by atoms with Gasteiger partial charge in [0.15, 0.2) is 0 Å². The Morgan fingerprint density at radius 2 is 1.67 bits per heavy atom. The smallest absolute Gasteiger partial charge is 0.128 e. The van der Waals surface area contributed by atoms with Gasteiger partial charge in [0, 0.05) is 5.56 Å². The molecule has 2 aromatic rings. The molecule has 2 rings (SSSR count). The molecule has 0 saturated heterocycles. The lowest BCUT2D eigenvalue weighted by atomic mass is 9.90. The second-order valence-electron chi connectivity index (χ2n) is 5.36. The molecule has 0 amide bonds. The van der Waals surface area contributed by atoms with Crippen LogP contribution >= 0.6 is 0 Å². The molecule has 1 nitrogen and oxygen atoms in total. The van der Waals surface area contributed by atoms with Gasteiger partial charge in [-0.3, -0.25) is 0 Å². The van der Waals surface area contributed by atoms with E-state index in [2.05, 4.69) is 12.2 Å². The summed E-state index contributed by atoms with van der Waals surface area (Å²) in [5.74, 6) is -0.495. The molecule has 1 N–H and O–H groups in total. The van der Waals surface area contributed by atoms with Crippen molar-refractivity contribution in [3.05, 3.63) is 70.3 Å². The van der Waals surface area contributed by atoms with Gasteiger partial charge in [-0.05, 0) is 61.7 Å². The normalized spacial score (nSPS) is 12.4. The highest BCUT2D eigenvalue weighted by Crippen LogP contribution is 2.30. The average molecular weight is 289 g/mol. The van der Waals surface area contributed by atoms with Crippen LogP contribution in [0.1, 0.15) is 41.6 Å². The number of aryl methyl sites for hydroxylation is 2. The summed E-state index contributed by atoms with van der Waals surface area (Å²) in [5, 5.41) is 3.38. The Morgan fingerprint density at radius 1 is 1.05 bits per heavy atom. The zero-order valence-corrected chi connectivity index (χ0v) is 12.7. The minimum atomic E-state index is -0.258. The van der Waals surface area contributed by atoms with Crippen LogP contribution in [0, 0.1) is 25.5 Å². The lowest BCUT2D eigenvalue weighted by molar-refractivity contribution is 0.542. The van der Waals surface area contributed by atoms with Crippen molar-refractivity contribution in [1.29, 1.82) is 0 Å². The number of nitrogens with one attached hydrogen (secondary N) is 1. The highest BCUT2D eigenvalue weighted by atomic mass is 19.1. The zero-order chi connectivity index (χ0) is 15.4. The van der Waals surface area contributed by atoms with E-state index in [0.29, 0.717) is 5.56 Å². The third-order valence-electron chi connectivity index (χ3n) is 3.66. The summed E-state index contributed by atoms with van der Waals surface area (Å²) in [4.78, 5) is 0. The van der Waals surface area contributed by atoms with E-state index in [-0.39, 0.29) is 17.7 Å². The lowest BCUT2D eigenvalue weighted by Crippen LogP contribution is -2.25. The Morgan fingerprint density at radius 3 is 2.24 bits per heavy atom. The molecule has 0 heterocycles. The summed E-state index contributed by atoms with van der Waals surface area (Å²) in [6.45, 7) is 6.57. The average Bonchev–Trinajstić information content (AvgIpc) is 2.42. The van der Waals surface area contributed by atoms with Crippen LogP contribution < -0.4 is 5.32 Å². The fourth-order valence-corrected chi connectivity index (χ4v) is 2.74. The van der Waals surface area contributed by atoms with Gasteiger partial charge in [0.1, 0.15) is 11.6 Å². The number of hydrogen-bond acceptors (Lipinski definition) is 1. The Labute approximate surface area is 125 Å². The van der Waals surface area contributed by atoms with Gasteiger partial charge in [-0.25, -0.2) is 8.78 Å². The molecule has 0 saturated carbocycles. The van der Waals surface area contributed by atoms with Crippen molar-refractivity contribution in [3.8, 4) is 0 Å². The van der Waals surface area contributed by atoms with E-state index >= 15 is 0 Å². The Hall–Kier alpha value is -1.74. The molecule has 0 aliphatic heterocycles. The standard InChI is InChI=1S/C18H21F2N/c1-4-9-21-18(15-7-5-6-8-16(15)20)17-12(2)10-14(19)11-13(17)3/h5-8,10-11,18,21H,4,9H2,1-3H3.